The summed E-state index contributed by atoms with van der Waals surface area (Å²) in [5, 5.41) is 3.36. The quantitative estimate of drug-likeness (QED) is 0.852. The highest BCUT2D eigenvalue weighted by Crippen LogP contribution is 2.23. The molecule has 0 aliphatic carbocycles. The van der Waals surface area contributed by atoms with Crippen molar-refractivity contribution in [2.75, 3.05) is 18.4 Å². The van der Waals surface area contributed by atoms with Crippen LogP contribution in [0.25, 0.3) is 0 Å². The van der Waals surface area contributed by atoms with Crippen LogP contribution in [-0.4, -0.2) is 31.7 Å². The second kappa shape index (κ2) is 7.78. The van der Waals surface area contributed by atoms with E-state index in [1.807, 2.05) is 0 Å². The van der Waals surface area contributed by atoms with Gasteiger partial charge in [-0.25, -0.2) is 8.42 Å². The Balaban J connectivity index is 1.87. The molecule has 3 rings (SSSR count). The van der Waals surface area contributed by atoms with Gasteiger partial charge in [-0.1, -0.05) is 24.1 Å². The van der Waals surface area contributed by atoms with Crippen LogP contribution in [0.4, 0.5) is 5.69 Å². The highest BCUT2D eigenvalue weighted by Gasteiger charge is 2.27. The minimum Gasteiger partial charge on any atom is -0.322 e. The maximum atomic E-state index is 12.8. The van der Waals surface area contributed by atoms with E-state index in [9.17, 15) is 13.2 Å². The van der Waals surface area contributed by atoms with Gasteiger partial charge in [-0.15, -0.1) is 0 Å². The van der Waals surface area contributed by atoms with Gasteiger partial charge in [-0.3, -0.25) is 4.79 Å². The number of carbonyl (C=O) groups excluding carboxylic acids is 1. The summed E-state index contributed by atoms with van der Waals surface area (Å²) in [6.07, 6.45) is 2.79. The van der Waals surface area contributed by atoms with Crippen LogP contribution in [0.5, 0.6) is 0 Å². The summed E-state index contributed by atoms with van der Waals surface area (Å²) >= 11 is 5.85. The molecule has 138 valence electrons. The number of halogens is 1. The number of nitrogens with zero attached hydrogens (tertiary/aromatic N) is 1. The normalized spacial score (nSPS) is 15.6. The van der Waals surface area contributed by atoms with Crippen LogP contribution in [0, 0.1) is 6.92 Å². The summed E-state index contributed by atoms with van der Waals surface area (Å²) in [5.41, 5.74) is 1.66. The lowest BCUT2D eigenvalue weighted by atomic mass is 10.1. The van der Waals surface area contributed by atoms with E-state index >= 15 is 0 Å². The van der Waals surface area contributed by atoms with Crippen LogP contribution in [0.2, 0.25) is 5.02 Å². The van der Waals surface area contributed by atoms with Crippen molar-refractivity contribution >= 4 is 33.2 Å². The van der Waals surface area contributed by atoms with E-state index in [0.717, 1.165) is 19.3 Å². The smallest absolute Gasteiger partial charge is 0.255 e. The van der Waals surface area contributed by atoms with Crippen LogP contribution in [0.3, 0.4) is 0 Å². The van der Waals surface area contributed by atoms with Crippen molar-refractivity contribution < 1.29 is 13.2 Å². The molecule has 1 heterocycles. The first kappa shape index (κ1) is 18.9. The van der Waals surface area contributed by atoms with Gasteiger partial charge < -0.3 is 5.32 Å². The Morgan fingerprint density at radius 1 is 1.04 bits per heavy atom. The summed E-state index contributed by atoms with van der Waals surface area (Å²) in [7, 11) is -3.58. The summed E-state index contributed by atoms with van der Waals surface area (Å²) in [6, 6.07) is 11.5. The minimum atomic E-state index is -3.58. The summed E-state index contributed by atoms with van der Waals surface area (Å²) < 4.78 is 27.2. The first-order chi connectivity index (χ1) is 12.4. The molecule has 0 aromatic heterocycles. The molecule has 0 unspecified atom stereocenters. The molecule has 26 heavy (non-hydrogen) atoms. The van der Waals surface area contributed by atoms with Crippen molar-refractivity contribution in [2.24, 2.45) is 0 Å². The first-order valence-electron chi connectivity index (χ1n) is 8.55. The number of amides is 1. The average molecular weight is 393 g/mol. The summed E-state index contributed by atoms with van der Waals surface area (Å²) in [6.45, 7) is 2.85. The van der Waals surface area contributed by atoms with Gasteiger partial charge in [0.15, 0.2) is 0 Å². The van der Waals surface area contributed by atoms with Crippen molar-refractivity contribution in [3.63, 3.8) is 0 Å². The third-order valence-corrected chi connectivity index (χ3v) is 6.66. The molecule has 0 radical (unpaired) electrons. The van der Waals surface area contributed by atoms with Crippen molar-refractivity contribution in [2.45, 2.75) is 31.1 Å². The lowest BCUT2D eigenvalue weighted by Gasteiger charge is -2.26. The average Bonchev–Trinajstić information content (AvgIpc) is 2.64. The van der Waals surface area contributed by atoms with Gasteiger partial charge in [0.2, 0.25) is 10.0 Å². The molecule has 5 nitrogen and oxygen atoms in total. The van der Waals surface area contributed by atoms with Crippen LogP contribution < -0.4 is 5.32 Å². The van der Waals surface area contributed by atoms with Crippen molar-refractivity contribution in [3.8, 4) is 0 Å². The molecule has 0 atom stereocenters. The van der Waals surface area contributed by atoms with Crippen LogP contribution in [-0.2, 0) is 10.0 Å². The van der Waals surface area contributed by atoms with E-state index in [2.05, 4.69) is 5.32 Å². The maximum absolute atomic E-state index is 12.8. The highest BCUT2D eigenvalue weighted by molar-refractivity contribution is 7.89. The van der Waals surface area contributed by atoms with Gasteiger partial charge in [0.25, 0.3) is 5.91 Å². The Hall–Kier alpha value is -1.89. The van der Waals surface area contributed by atoms with Gasteiger partial charge in [0.05, 0.1) is 4.90 Å². The van der Waals surface area contributed by atoms with Crippen LogP contribution in [0.15, 0.2) is 47.4 Å². The van der Waals surface area contributed by atoms with Gasteiger partial charge in [0.1, 0.15) is 0 Å². The molecule has 1 saturated heterocycles. The Morgan fingerprint density at radius 2 is 1.69 bits per heavy atom. The maximum Gasteiger partial charge on any atom is 0.255 e. The fraction of sp³-hybridized carbons (Fsp3) is 0.316. The number of sulfonamides is 1. The number of hydrogen-bond acceptors (Lipinski definition) is 3. The van der Waals surface area contributed by atoms with E-state index in [0.29, 0.717) is 34.9 Å². The van der Waals surface area contributed by atoms with Crippen molar-refractivity contribution in [1.29, 1.82) is 0 Å². The molecular weight excluding hydrogens is 372 g/mol. The summed E-state index contributed by atoms with van der Waals surface area (Å²) in [5.74, 6) is -0.347. The number of rotatable bonds is 4. The van der Waals surface area contributed by atoms with Gasteiger partial charge in [-0.05, 0) is 61.7 Å². The molecule has 2 aromatic carbocycles. The number of carbonyl (C=O) groups is 1. The number of hydrogen-bond donors (Lipinski definition) is 1. The fourth-order valence-electron chi connectivity index (χ4n) is 2.99. The number of aryl methyl sites for hydroxylation is 1. The molecule has 7 heteroatoms. The zero-order valence-corrected chi connectivity index (χ0v) is 16.1. The number of anilines is 1. The Kier molecular flexibility index (Phi) is 5.65. The molecule has 1 aliphatic rings. The van der Waals surface area contributed by atoms with E-state index in [4.69, 9.17) is 11.6 Å². The second-order valence-electron chi connectivity index (χ2n) is 6.40. The Labute approximate surface area is 159 Å². The van der Waals surface area contributed by atoms with Crippen molar-refractivity contribution in [1.82, 2.24) is 4.31 Å². The summed E-state index contributed by atoms with van der Waals surface area (Å²) in [4.78, 5) is 12.8. The van der Waals surface area contributed by atoms with E-state index in [-0.39, 0.29) is 10.8 Å². The standard InChI is InChI=1S/C19H21ClN2O3S/c1-14-5-10-17(26(24,25)22-11-3-2-4-12-22)13-18(14)19(23)21-16-8-6-15(20)7-9-16/h5-10,13H,2-4,11-12H2,1H3,(H,21,23). The number of benzene rings is 2. The molecule has 2 aromatic rings. The van der Waals surface area contributed by atoms with Gasteiger partial charge in [0, 0.05) is 29.4 Å². The topological polar surface area (TPSA) is 66.5 Å². The zero-order valence-electron chi connectivity index (χ0n) is 14.5. The Morgan fingerprint density at radius 3 is 2.35 bits per heavy atom. The lowest BCUT2D eigenvalue weighted by Crippen LogP contribution is -2.35. The number of nitrogens with one attached hydrogen (secondary N) is 1. The fourth-order valence-corrected chi connectivity index (χ4v) is 4.66. The minimum absolute atomic E-state index is 0.159. The molecule has 1 N–H and O–H groups in total. The predicted octanol–water partition coefficient (Wildman–Crippen LogP) is 4.08. The molecule has 1 fully saturated rings. The molecular formula is C19H21ClN2O3S. The van der Waals surface area contributed by atoms with Crippen LogP contribution >= 0.6 is 11.6 Å². The predicted molar refractivity (Wildman–Crippen MR) is 103 cm³/mol. The SMILES string of the molecule is Cc1ccc(S(=O)(=O)N2CCCCC2)cc1C(=O)Nc1ccc(Cl)cc1. The van der Waals surface area contributed by atoms with Crippen LogP contribution in [0.1, 0.15) is 35.2 Å². The zero-order chi connectivity index (χ0) is 18.7. The monoisotopic (exact) mass is 392 g/mol. The number of piperidine rings is 1. The van der Waals surface area contributed by atoms with E-state index < -0.39 is 10.0 Å². The largest absolute Gasteiger partial charge is 0.322 e. The second-order valence-corrected chi connectivity index (χ2v) is 8.78. The van der Waals surface area contributed by atoms with Gasteiger partial charge in [-0.2, -0.15) is 4.31 Å². The third kappa shape index (κ3) is 4.09. The van der Waals surface area contributed by atoms with Gasteiger partial charge >= 0.3 is 0 Å². The lowest BCUT2D eigenvalue weighted by molar-refractivity contribution is 0.102. The van der Waals surface area contributed by atoms with E-state index in [1.54, 1.807) is 43.3 Å². The molecule has 0 spiro atoms. The van der Waals surface area contributed by atoms with E-state index in [1.165, 1.54) is 10.4 Å². The highest BCUT2D eigenvalue weighted by atomic mass is 35.5. The molecule has 1 amide bonds. The molecule has 0 bridgehead atoms. The molecule has 1 aliphatic heterocycles. The third-order valence-electron chi connectivity index (χ3n) is 4.51. The first-order valence-corrected chi connectivity index (χ1v) is 10.4. The molecule has 0 saturated carbocycles. The Bertz CT molecular complexity index is 905. The van der Waals surface area contributed by atoms with Crippen molar-refractivity contribution in [3.05, 3.63) is 58.6 Å².